The van der Waals surface area contributed by atoms with Gasteiger partial charge in [0.15, 0.2) is 0 Å². The maximum atomic E-state index is 11.7. The lowest BCUT2D eigenvalue weighted by Crippen LogP contribution is -2.40. The fourth-order valence-electron chi connectivity index (χ4n) is 1.78. The molecule has 0 saturated heterocycles. The third kappa shape index (κ3) is 2.63. The van der Waals surface area contributed by atoms with E-state index in [1.807, 2.05) is 30.3 Å². The maximum absolute atomic E-state index is 11.7. The molecule has 98 valence electrons. The van der Waals surface area contributed by atoms with Crippen LogP contribution in [0.4, 0.5) is 0 Å². The summed E-state index contributed by atoms with van der Waals surface area (Å²) in [5.74, 6) is -0.287. The Morgan fingerprint density at radius 3 is 2.33 bits per heavy atom. The Hall–Kier alpha value is -1.18. The Labute approximate surface area is 107 Å². The molecule has 0 atom stereocenters. The summed E-state index contributed by atoms with van der Waals surface area (Å²) in [7, 11) is -7.52. The van der Waals surface area contributed by atoms with E-state index in [4.69, 9.17) is 0 Å². The van der Waals surface area contributed by atoms with Crippen molar-refractivity contribution in [3.05, 3.63) is 42.0 Å². The third-order valence-electron chi connectivity index (χ3n) is 2.66. The third-order valence-corrected chi connectivity index (χ3v) is 6.36. The highest BCUT2D eigenvalue weighted by Gasteiger charge is 2.34. The number of sulfonamides is 2. The summed E-state index contributed by atoms with van der Waals surface area (Å²) in [5, 5.41) is 0. The maximum Gasteiger partial charge on any atom is 0.231 e. The summed E-state index contributed by atoms with van der Waals surface area (Å²) >= 11 is 0. The molecule has 0 aromatic heterocycles. The van der Waals surface area contributed by atoms with Gasteiger partial charge in [0.2, 0.25) is 20.0 Å². The quantitative estimate of drug-likeness (QED) is 0.801. The number of hydrogen-bond acceptors (Lipinski definition) is 4. The van der Waals surface area contributed by atoms with Crippen molar-refractivity contribution in [1.82, 2.24) is 3.71 Å². The lowest BCUT2D eigenvalue weighted by atomic mass is 10.1. The molecule has 18 heavy (non-hydrogen) atoms. The first-order valence-corrected chi connectivity index (χ1v) is 8.71. The molecular weight excluding hydrogens is 274 g/mol. The van der Waals surface area contributed by atoms with E-state index in [1.165, 1.54) is 0 Å². The molecule has 0 unspecified atom stereocenters. The predicted molar refractivity (Wildman–Crippen MR) is 69.8 cm³/mol. The van der Waals surface area contributed by atoms with Crippen LogP contribution < -0.4 is 0 Å². The molecule has 1 aliphatic rings. The zero-order valence-corrected chi connectivity index (χ0v) is 11.4. The molecule has 1 heterocycles. The van der Waals surface area contributed by atoms with Gasteiger partial charge < -0.3 is 0 Å². The second-order valence-electron chi connectivity index (χ2n) is 4.07. The predicted octanol–water partition coefficient (Wildman–Crippen LogP) is 0.675. The normalized spacial score (nSPS) is 20.4. The highest BCUT2D eigenvalue weighted by molar-refractivity contribution is 8.03. The highest BCUT2D eigenvalue weighted by atomic mass is 32.3. The van der Waals surface area contributed by atoms with E-state index in [2.05, 4.69) is 0 Å². The fraction of sp³-hybridized carbons (Fsp3) is 0.273. The van der Waals surface area contributed by atoms with Gasteiger partial charge in [-0.15, -0.1) is 0 Å². The first kappa shape index (κ1) is 13.3. The van der Waals surface area contributed by atoms with Crippen molar-refractivity contribution in [1.29, 1.82) is 0 Å². The van der Waals surface area contributed by atoms with Crippen molar-refractivity contribution >= 4 is 25.6 Å². The van der Waals surface area contributed by atoms with Crippen LogP contribution in [0, 0.1) is 0 Å². The molecule has 0 amide bonds. The Bertz CT molecular complexity index is 675. The van der Waals surface area contributed by atoms with Gasteiger partial charge in [0.25, 0.3) is 0 Å². The standard InChI is InChI=1S/C11H13NO4S2/c1-17(13,14)12-9-11(7-8-18(12,15)16)10-5-3-2-4-6-10/h2-7H,8-9H2,1H3. The molecule has 1 aromatic rings. The molecule has 1 aromatic carbocycles. The van der Waals surface area contributed by atoms with Gasteiger partial charge in [0.1, 0.15) is 0 Å². The molecule has 0 fully saturated rings. The minimum Gasteiger partial charge on any atom is -0.212 e. The van der Waals surface area contributed by atoms with Crippen LogP contribution in [0.1, 0.15) is 5.56 Å². The summed E-state index contributed by atoms with van der Waals surface area (Å²) in [6.07, 6.45) is 2.46. The molecule has 0 N–H and O–H groups in total. The molecule has 0 radical (unpaired) electrons. The Kier molecular flexibility index (Phi) is 3.31. The van der Waals surface area contributed by atoms with Crippen LogP contribution in [0.15, 0.2) is 36.4 Å². The monoisotopic (exact) mass is 287 g/mol. The molecule has 0 aliphatic carbocycles. The van der Waals surface area contributed by atoms with E-state index in [0.717, 1.165) is 11.8 Å². The van der Waals surface area contributed by atoms with Crippen LogP contribution in [0.3, 0.4) is 0 Å². The topological polar surface area (TPSA) is 71.5 Å². The number of nitrogens with zero attached hydrogens (tertiary/aromatic N) is 1. The molecule has 7 heteroatoms. The SMILES string of the molecule is CS(=O)(=O)N1CC(c2ccccc2)=CCS1(=O)=O. The first-order valence-electron chi connectivity index (χ1n) is 5.26. The van der Waals surface area contributed by atoms with Crippen molar-refractivity contribution < 1.29 is 16.8 Å². The Morgan fingerprint density at radius 1 is 1.17 bits per heavy atom. The minimum atomic E-state index is -3.77. The van der Waals surface area contributed by atoms with Crippen molar-refractivity contribution in [2.75, 3.05) is 18.6 Å². The number of rotatable bonds is 2. The van der Waals surface area contributed by atoms with Gasteiger partial charge in [-0.2, -0.15) is 0 Å². The minimum absolute atomic E-state index is 0.134. The van der Waals surface area contributed by atoms with Crippen molar-refractivity contribution in [2.24, 2.45) is 0 Å². The molecule has 5 nitrogen and oxygen atoms in total. The van der Waals surface area contributed by atoms with Crippen LogP contribution in [0.2, 0.25) is 0 Å². The second kappa shape index (κ2) is 4.49. The van der Waals surface area contributed by atoms with Crippen molar-refractivity contribution in [3.63, 3.8) is 0 Å². The van der Waals surface area contributed by atoms with E-state index < -0.39 is 20.0 Å². The second-order valence-corrected chi connectivity index (χ2v) is 8.14. The molecule has 0 saturated carbocycles. The highest BCUT2D eigenvalue weighted by Crippen LogP contribution is 2.24. The average molecular weight is 287 g/mol. The van der Waals surface area contributed by atoms with Gasteiger partial charge in [-0.05, 0) is 11.1 Å². The lowest BCUT2D eigenvalue weighted by Gasteiger charge is -2.24. The van der Waals surface area contributed by atoms with Crippen LogP contribution in [0.5, 0.6) is 0 Å². The first-order chi connectivity index (χ1) is 8.31. The number of hydrogen-bond donors (Lipinski definition) is 0. The van der Waals surface area contributed by atoms with Gasteiger partial charge in [0.05, 0.1) is 18.6 Å². The number of benzene rings is 1. The van der Waals surface area contributed by atoms with Crippen LogP contribution in [0.25, 0.3) is 5.57 Å². The zero-order chi connectivity index (χ0) is 13.4. The Morgan fingerprint density at radius 2 is 1.78 bits per heavy atom. The largest absolute Gasteiger partial charge is 0.231 e. The summed E-state index contributed by atoms with van der Waals surface area (Å²) in [4.78, 5) is 0. The molecule has 2 rings (SSSR count). The van der Waals surface area contributed by atoms with Gasteiger partial charge in [-0.1, -0.05) is 40.1 Å². The van der Waals surface area contributed by atoms with Crippen LogP contribution >= 0.6 is 0 Å². The zero-order valence-electron chi connectivity index (χ0n) is 9.78. The van der Waals surface area contributed by atoms with E-state index in [9.17, 15) is 16.8 Å². The molecule has 0 spiro atoms. The summed E-state index contributed by atoms with van der Waals surface area (Å²) in [6.45, 7) is -0.134. The van der Waals surface area contributed by atoms with E-state index in [-0.39, 0.29) is 12.3 Å². The lowest BCUT2D eigenvalue weighted by molar-refractivity contribution is 0.519. The van der Waals surface area contributed by atoms with E-state index >= 15 is 0 Å². The van der Waals surface area contributed by atoms with Crippen molar-refractivity contribution in [2.45, 2.75) is 0 Å². The fourth-order valence-corrected chi connectivity index (χ4v) is 4.90. The van der Waals surface area contributed by atoms with Crippen LogP contribution in [-0.2, 0) is 20.0 Å². The van der Waals surface area contributed by atoms with E-state index in [0.29, 0.717) is 9.28 Å². The Balaban J connectivity index is 2.43. The molecule has 0 bridgehead atoms. The van der Waals surface area contributed by atoms with Gasteiger partial charge >= 0.3 is 0 Å². The summed E-state index contributed by atoms with van der Waals surface area (Å²) in [6, 6.07) is 9.14. The van der Waals surface area contributed by atoms with E-state index in [1.54, 1.807) is 6.08 Å². The summed E-state index contributed by atoms with van der Waals surface area (Å²) in [5.41, 5.74) is 1.54. The van der Waals surface area contributed by atoms with Gasteiger partial charge in [-0.25, -0.2) is 16.8 Å². The average Bonchev–Trinajstić information content (AvgIpc) is 2.28. The van der Waals surface area contributed by atoms with Gasteiger partial charge in [-0.3, -0.25) is 0 Å². The summed E-state index contributed by atoms with van der Waals surface area (Å²) < 4.78 is 47.0. The van der Waals surface area contributed by atoms with Gasteiger partial charge in [0, 0.05) is 0 Å². The van der Waals surface area contributed by atoms with Crippen LogP contribution in [-0.4, -0.2) is 39.1 Å². The van der Waals surface area contributed by atoms with Crippen molar-refractivity contribution in [3.8, 4) is 0 Å². The molecule has 1 aliphatic heterocycles. The smallest absolute Gasteiger partial charge is 0.212 e. The molecular formula is C11H13NO4S2.